The SMILES string of the molecule is O=C(O)c1ccccc1-n1cc(-c2ccc([N+](=O)[O-])cc2)nc1-c1ccc([N+](=O)[O-])c(C(F)(F)F)c1. The van der Waals surface area contributed by atoms with Crippen molar-refractivity contribution in [3.8, 4) is 28.3 Å². The number of aromatic carboxylic acids is 1. The molecule has 0 atom stereocenters. The topological polar surface area (TPSA) is 141 Å². The summed E-state index contributed by atoms with van der Waals surface area (Å²) >= 11 is 0. The largest absolute Gasteiger partial charge is 0.478 e. The molecule has 0 aliphatic rings. The zero-order chi connectivity index (χ0) is 26.2. The molecule has 3 aromatic carbocycles. The molecule has 0 fully saturated rings. The third kappa shape index (κ3) is 4.49. The van der Waals surface area contributed by atoms with E-state index in [9.17, 15) is 43.3 Å². The number of hydrogen-bond donors (Lipinski definition) is 1. The van der Waals surface area contributed by atoms with Gasteiger partial charge in [0.05, 0.1) is 26.8 Å². The summed E-state index contributed by atoms with van der Waals surface area (Å²) in [6.45, 7) is 0. The maximum atomic E-state index is 13.6. The lowest BCUT2D eigenvalue weighted by molar-refractivity contribution is -0.388. The summed E-state index contributed by atoms with van der Waals surface area (Å²) in [6.07, 6.45) is -3.68. The lowest BCUT2D eigenvalue weighted by Gasteiger charge is -2.13. The molecule has 36 heavy (non-hydrogen) atoms. The third-order valence-electron chi connectivity index (χ3n) is 5.23. The summed E-state index contributed by atoms with van der Waals surface area (Å²) in [5, 5.41) is 31.7. The van der Waals surface area contributed by atoms with Gasteiger partial charge >= 0.3 is 12.1 Å². The fourth-order valence-corrected chi connectivity index (χ4v) is 3.59. The Kier molecular flexibility index (Phi) is 5.98. The van der Waals surface area contributed by atoms with Gasteiger partial charge in [-0.25, -0.2) is 9.78 Å². The Morgan fingerprint density at radius 3 is 2.14 bits per heavy atom. The van der Waals surface area contributed by atoms with Crippen molar-refractivity contribution < 1.29 is 32.9 Å². The van der Waals surface area contributed by atoms with Gasteiger partial charge in [0.25, 0.3) is 11.4 Å². The Morgan fingerprint density at radius 1 is 0.917 bits per heavy atom. The van der Waals surface area contributed by atoms with Crippen molar-refractivity contribution in [2.45, 2.75) is 6.18 Å². The van der Waals surface area contributed by atoms with Crippen molar-refractivity contribution in [1.29, 1.82) is 0 Å². The number of hydrogen-bond acceptors (Lipinski definition) is 6. The molecule has 0 amide bonds. The molecule has 0 aliphatic carbocycles. The van der Waals surface area contributed by atoms with Crippen LogP contribution in [-0.2, 0) is 6.18 Å². The van der Waals surface area contributed by atoms with Crippen LogP contribution in [0.1, 0.15) is 15.9 Å². The number of halogens is 3. The van der Waals surface area contributed by atoms with Crippen LogP contribution >= 0.6 is 0 Å². The minimum Gasteiger partial charge on any atom is -0.478 e. The van der Waals surface area contributed by atoms with Gasteiger partial charge in [-0.05, 0) is 36.4 Å². The van der Waals surface area contributed by atoms with Crippen molar-refractivity contribution in [1.82, 2.24) is 9.55 Å². The summed E-state index contributed by atoms with van der Waals surface area (Å²) in [6, 6.07) is 13.3. The number of carboxylic acid groups (broad SMARTS) is 1. The van der Waals surface area contributed by atoms with Crippen LogP contribution in [0.15, 0.2) is 72.9 Å². The highest BCUT2D eigenvalue weighted by Gasteiger charge is 2.39. The Bertz CT molecular complexity index is 1510. The number of non-ortho nitro benzene ring substituents is 1. The number of para-hydroxylation sites is 1. The standard InChI is InChI=1S/C23H13F3N4O6/c24-23(25,26)17-11-14(7-10-20(17)30(35)36)21-27-18(13-5-8-15(9-6-13)29(33)34)12-28(21)19-4-2-1-3-16(19)22(31)32/h1-12H,(H,31,32). The normalized spacial score (nSPS) is 11.3. The van der Waals surface area contributed by atoms with Crippen LogP contribution in [-0.4, -0.2) is 30.5 Å². The summed E-state index contributed by atoms with van der Waals surface area (Å²) in [5.41, 5.74) is -2.56. The van der Waals surface area contributed by atoms with E-state index in [1.165, 1.54) is 59.3 Å². The lowest BCUT2D eigenvalue weighted by Crippen LogP contribution is -2.10. The number of benzene rings is 3. The summed E-state index contributed by atoms with van der Waals surface area (Å²) in [5.74, 6) is -1.43. The minimum atomic E-state index is -5.05. The molecule has 182 valence electrons. The number of nitro benzene ring substituents is 2. The first-order valence-electron chi connectivity index (χ1n) is 10.0. The molecule has 1 N–H and O–H groups in total. The fraction of sp³-hybridized carbons (Fsp3) is 0.0435. The molecule has 1 aromatic heterocycles. The van der Waals surface area contributed by atoms with Gasteiger partial charge in [-0.15, -0.1) is 0 Å². The van der Waals surface area contributed by atoms with Gasteiger partial charge in [-0.3, -0.25) is 24.8 Å². The highest BCUT2D eigenvalue weighted by atomic mass is 19.4. The van der Waals surface area contributed by atoms with E-state index in [2.05, 4.69) is 4.98 Å². The number of carbonyl (C=O) groups is 1. The van der Waals surface area contributed by atoms with Gasteiger partial charge in [-0.2, -0.15) is 13.2 Å². The van der Waals surface area contributed by atoms with Crippen LogP contribution in [0, 0.1) is 20.2 Å². The van der Waals surface area contributed by atoms with Crippen molar-refractivity contribution in [3.63, 3.8) is 0 Å². The third-order valence-corrected chi connectivity index (χ3v) is 5.23. The second-order valence-corrected chi connectivity index (χ2v) is 7.43. The van der Waals surface area contributed by atoms with E-state index in [1.807, 2.05) is 0 Å². The summed E-state index contributed by atoms with van der Waals surface area (Å²) < 4.78 is 42.1. The Morgan fingerprint density at radius 2 is 1.56 bits per heavy atom. The maximum absolute atomic E-state index is 13.6. The van der Waals surface area contributed by atoms with E-state index in [0.717, 1.165) is 6.07 Å². The molecule has 13 heteroatoms. The molecule has 1 heterocycles. The van der Waals surface area contributed by atoms with E-state index in [0.29, 0.717) is 17.7 Å². The van der Waals surface area contributed by atoms with E-state index in [1.54, 1.807) is 0 Å². The van der Waals surface area contributed by atoms with Gasteiger partial charge in [0.15, 0.2) is 0 Å². The number of carboxylic acids is 1. The molecule has 0 bridgehead atoms. The van der Waals surface area contributed by atoms with Crippen LogP contribution in [0.4, 0.5) is 24.5 Å². The summed E-state index contributed by atoms with van der Waals surface area (Å²) in [7, 11) is 0. The average Bonchev–Trinajstić information content (AvgIpc) is 3.28. The van der Waals surface area contributed by atoms with Crippen LogP contribution < -0.4 is 0 Å². The molecule has 4 rings (SSSR count). The molecule has 10 nitrogen and oxygen atoms in total. The smallest absolute Gasteiger partial charge is 0.423 e. The number of aromatic nitrogens is 2. The second-order valence-electron chi connectivity index (χ2n) is 7.43. The van der Waals surface area contributed by atoms with E-state index in [-0.39, 0.29) is 34.0 Å². The highest BCUT2D eigenvalue weighted by Crippen LogP contribution is 2.39. The average molecular weight is 498 g/mol. The van der Waals surface area contributed by atoms with E-state index < -0.39 is 33.2 Å². The zero-order valence-corrected chi connectivity index (χ0v) is 17.8. The number of alkyl halides is 3. The van der Waals surface area contributed by atoms with E-state index in [4.69, 9.17) is 0 Å². The van der Waals surface area contributed by atoms with Gasteiger partial charge < -0.3 is 5.11 Å². The van der Waals surface area contributed by atoms with Crippen LogP contribution in [0.3, 0.4) is 0 Å². The number of nitrogens with zero attached hydrogens (tertiary/aromatic N) is 4. The van der Waals surface area contributed by atoms with Gasteiger partial charge in [0.2, 0.25) is 0 Å². The van der Waals surface area contributed by atoms with Crippen molar-refractivity contribution in [2.24, 2.45) is 0 Å². The van der Waals surface area contributed by atoms with Crippen molar-refractivity contribution in [3.05, 3.63) is 104 Å². The molecule has 4 aromatic rings. The quantitative estimate of drug-likeness (QED) is 0.264. The van der Waals surface area contributed by atoms with Crippen LogP contribution in [0.25, 0.3) is 28.3 Å². The first-order valence-corrected chi connectivity index (χ1v) is 10.0. The Labute approximate surface area is 199 Å². The fourth-order valence-electron chi connectivity index (χ4n) is 3.59. The van der Waals surface area contributed by atoms with Crippen LogP contribution in [0.5, 0.6) is 0 Å². The molecule has 0 unspecified atom stereocenters. The lowest BCUT2D eigenvalue weighted by atomic mass is 10.1. The summed E-state index contributed by atoms with van der Waals surface area (Å²) in [4.78, 5) is 36.5. The first-order chi connectivity index (χ1) is 17.0. The van der Waals surface area contributed by atoms with Gasteiger partial charge in [0.1, 0.15) is 11.4 Å². The van der Waals surface area contributed by atoms with Crippen molar-refractivity contribution >= 4 is 17.3 Å². The predicted octanol–water partition coefficient (Wildman–Crippen LogP) is 5.74. The maximum Gasteiger partial charge on any atom is 0.423 e. The Balaban J connectivity index is 1.98. The first kappa shape index (κ1) is 24.1. The van der Waals surface area contributed by atoms with E-state index >= 15 is 0 Å². The van der Waals surface area contributed by atoms with Crippen molar-refractivity contribution in [2.75, 3.05) is 0 Å². The molecule has 0 spiro atoms. The monoisotopic (exact) mass is 498 g/mol. The molecule has 0 aliphatic heterocycles. The highest BCUT2D eigenvalue weighted by molar-refractivity contribution is 5.92. The number of nitro groups is 2. The number of imidazole rings is 1. The molecule has 0 radical (unpaired) electrons. The molecular weight excluding hydrogens is 485 g/mol. The zero-order valence-electron chi connectivity index (χ0n) is 17.8. The predicted molar refractivity (Wildman–Crippen MR) is 120 cm³/mol. The van der Waals surface area contributed by atoms with Gasteiger partial charge in [-0.1, -0.05) is 12.1 Å². The number of rotatable bonds is 6. The molecule has 0 saturated heterocycles. The molecule has 0 saturated carbocycles. The molecular formula is C23H13F3N4O6. The Hall–Kier alpha value is -5.07. The van der Waals surface area contributed by atoms with Gasteiger partial charge in [0, 0.05) is 35.5 Å². The minimum absolute atomic E-state index is 0.0765. The van der Waals surface area contributed by atoms with Crippen LogP contribution in [0.2, 0.25) is 0 Å². The second kappa shape index (κ2) is 8.94.